The number of hydrogen-bond acceptors (Lipinski definition) is 4. The Morgan fingerprint density at radius 2 is 1.90 bits per heavy atom. The molecule has 0 spiro atoms. The number of methoxy groups -OCH3 is 1. The zero-order valence-corrected chi connectivity index (χ0v) is 18.6. The minimum Gasteiger partial charge on any atom is -0.496 e. The summed E-state index contributed by atoms with van der Waals surface area (Å²) >= 11 is 0. The van der Waals surface area contributed by atoms with Crippen LogP contribution in [0, 0.1) is 11.8 Å². The van der Waals surface area contributed by atoms with Crippen LogP contribution >= 0.6 is 0 Å². The van der Waals surface area contributed by atoms with Gasteiger partial charge in [-0.1, -0.05) is 38.1 Å². The number of amides is 1. The molecule has 162 valence electrons. The minimum atomic E-state index is 0.193. The standard InChI is InChI=1S/C25H35N3O2/c1-20(2)17-28(25(29)16-23-9-6-7-13-26-23)18-21-11-14-27(15-12-21)19-22-8-4-5-10-24(22)30-3/h4-10,13,20-21H,11-12,14-19H2,1-3H3. The molecule has 0 bridgehead atoms. The topological polar surface area (TPSA) is 45.7 Å². The molecule has 1 amide bonds. The molecule has 5 nitrogen and oxygen atoms in total. The van der Waals surface area contributed by atoms with Gasteiger partial charge in [-0.2, -0.15) is 0 Å². The van der Waals surface area contributed by atoms with E-state index in [9.17, 15) is 4.79 Å². The summed E-state index contributed by atoms with van der Waals surface area (Å²) in [6.07, 6.45) is 4.40. The van der Waals surface area contributed by atoms with E-state index in [0.717, 1.165) is 57.0 Å². The number of benzene rings is 1. The lowest BCUT2D eigenvalue weighted by molar-refractivity contribution is -0.132. The van der Waals surface area contributed by atoms with E-state index in [0.29, 0.717) is 18.3 Å². The zero-order valence-electron chi connectivity index (χ0n) is 18.6. The molecule has 3 rings (SSSR count). The lowest BCUT2D eigenvalue weighted by Crippen LogP contribution is -2.42. The molecule has 1 aliphatic heterocycles. The van der Waals surface area contributed by atoms with Crippen LogP contribution in [0.2, 0.25) is 0 Å². The highest BCUT2D eigenvalue weighted by atomic mass is 16.5. The van der Waals surface area contributed by atoms with Crippen LogP contribution in [-0.4, -0.2) is 54.0 Å². The number of aromatic nitrogens is 1. The van der Waals surface area contributed by atoms with E-state index >= 15 is 0 Å². The summed E-state index contributed by atoms with van der Waals surface area (Å²) < 4.78 is 5.50. The molecule has 30 heavy (non-hydrogen) atoms. The molecule has 0 radical (unpaired) electrons. The first-order chi connectivity index (χ1) is 14.5. The van der Waals surface area contributed by atoms with E-state index in [2.05, 4.69) is 40.8 Å². The van der Waals surface area contributed by atoms with Crippen molar-refractivity contribution in [1.29, 1.82) is 0 Å². The number of carbonyl (C=O) groups is 1. The molecular weight excluding hydrogens is 374 g/mol. The average Bonchev–Trinajstić information content (AvgIpc) is 2.75. The highest BCUT2D eigenvalue weighted by Gasteiger charge is 2.25. The molecule has 1 fully saturated rings. The van der Waals surface area contributed by atoms with Crippen molar-refractivity contribution in [2.75, 3.05) is 33.3 Å². The smallest absolute Gasteiger partial charge is 0.228 e. The largest absolute Gasteiger partial charge is 0.496 e. The van der Waals surface area contributed by atoms with E-state index in [1.807, 2.05) is 30.3 Å². The highest BCUT2D eigenvalue weighted by molar-refractivity contribution is 5.78. The van der Waals surface area contributed by atoms with Crippen molar-refractivity contribution in [2.45, 2.75) is 39.7 Å². The predicted molar refractivity (Wildman–Crippen MR) is 120 cm³/mol. The van der Waals surface area contributed by atoms with Gasteiger partial charge in [0.05, 0.1) is 13.5 Å². The molecule has 0 N–H and O–H groups in total. The van der Waals surface area contributed by atoms with E-state index in [1.54, 1.807) is 13.3 Å². The molecule has 0 saturated carbocycles. The van der Waals surface area contributed by atoms with Gasteiger partial charge in [0, 0.05) is 37.1 Å². The first kappa shape index (κ1) is 22.3. The molecule has 0 aliphatic carbocycles. The zero-order chi connectivity index (χ0) is 21.3. The van der Waals surface area contributed by atoms with Crippen LogP contribution in [0.3, 0.4) is 0 Å². The Kier molecular flexibility index (Phi) is 8.26. The van der Waals surface area contributed by atoms with Crippen molar-refractivity contribution in [3.8, 4) is 5.75 Å². The molecule has 0 unspecified atom stereocenters. The Morgan fingerprint density at radius 3 is 2.57 bits per heavy atom. The van der Waals surface area contributed by atoms with E-state index < -0.39 is 0 Å². The SMILES string of the molecule is COc1ccccc1CN1CCC(CN(CC(C)C)C(=O)Cc2ccccn2)CC1. The van der Waals surface area contributed by atoms with Gasteiger partial charge in [0.25, 0.3) is 0 Å². The molecular formula is C25H35N3O2. The summed E-state index contributed by atoms with van der Waals surface area (Å²) in [6.45, 7) is 9.07. The quantitative estimate of drug-likeness (QED) is 0.627. The van der Waals surface area contributed by atoms with Crippen LogP contribution in [0.5, 0.6) is 5.75 Å². The molecule has 2 heterocycles. The first-order valence-corrected chi connectivity index (χ1v) is 11.1. The van der Waals surface area contributed by atoms with Crippen molar-refractivity contribution in [3.05, 3.63) is 59.9 Å². The number of nitrogens with zero attached hydrogens (tertiary/aromatic N) is 3. The maximum atomic E-state index is 13.0. The summed E-state index contributed by atoms with van der Waals surface area (Å²) in [5, 5.41) is 0. The Morgan fingerprint density at radius 1 is 1.17 bits per heavy atom. The van der Waals surface area contributed by atoms with Crippen LogP contribution < -0.4 is 4.74 Å². The van der Waals surface area contributed by atoms with Gasteiger partial charge in [0.15, 0.2) is 0 Å². The third-order valence-corrected chi connectivity index (χ3v) is 5.77. The van der Waals surface area contributed by atoms with Crippen molar-refractivity contribution in [1.82, 2.24) is 14.8 Å². The Hall–Kier alpha value is -2.40. The number of para-hydroxylation sites is 1. The number of hydrogen-bond donors (Lipinski definition) is 0. The highest BCUT2D eigenvalue weighted by Crippen LogP contribution is 2.24. The summed E-state index contributed by atoms with van der Waals surface area (Å²) in [4.78, 5) is 21.9. The number of carbonyl (C=O) groups excluding carboxylic acids is 1. The van der Waals surface area contributed by atoms with Gasteiger partial charge in [-0.25, -0.2) is 0 Å². The fraction of sp³-hybridized carbons (Fsp3) is 0.520. The van der Waals surface area contributed by atoms with Crippen LogP contribution in [0.25, 0.3) is 0 Å². The van der Waals surface area contributed by atoms with E-state index in [-0.39, 0.29) is 5.91 Å². The van der Waals surface area contributed by atoms with Crippen molar-refractivity contribution in [2.24, 2.45) is 11.8 Å². The minimum absolute atomic E-state index is 0.193. The second-order valence-electron chi connectivity index (χ2n) is 8.72. The maximum Gasteiger partial charge on any atom is 0.228 e. The predicted octanol–water partition coefficient (Wildman–Crippen LogP) is 4.03. The van der Waals surface area contributed by atoms with Gasteiger partial charge in [-0.3, -0.25) is 14.7 Å². The Balaban J connectivity index is 1.53. The maximum absolute atomic E-state index is 13.0. The number of ether oxygens (including phenoxy) is 1. The molecule has 2 aromatic rings. The second-order valence-corrected chi connectivity index (χ2v) is 8.72. The van der Waals surface area contributed by atoms with Crippen LogP contribution in [0.1, 0.15) is 37.9 Å². The van der Waals surface area contributed by atoms with Gasteiger partial charge in [0.1, 0.15) is 5.75 Å². The molecule has 1 aromatic carbocycles. The Labute approximate surface area is 181 Å². The number of rotatable bonds is 9. The summed E-state index contributed by atoms with van der Waals surface area (Å²) in [5.41, 5.74) is 2.09. The monoisotopic (exact) mass is 409 g/mol. The lowest BCUT2D eigenvalue weighted by atomic mass is 9.95. The fourth-order valence-electron chi connectivity index (χ4n) is 4.20. The number of likely N-dealkylation sites (tertiary alicyclic amines) is 1. The second kappa shape index (κ2) is 11.1. The average molecular weight is 410 g/mol. The number of piperidine rings is 1. The fourth-order valence-corrected chi connectivity index (χ4v) is 4.20. The van der Waals surface area contributed by atoms with Crippen molar-refractivity contribution < 1.29 is 9.53 Å². The third-order valence-electron chi connectivity index (χ3n) is 5.77. The van der Waals surface area contributed by atoms with E-state index in [4.69, 9.17) is 4.74 Å². The van der Waals surface area contributed by atoms with Crippen LogP contribution in [-0.2, 0) is 17.8 Å². The van der Waals surface area contributed by atoms with Gasteiger partial charge in [-0.15, -0.1) is 0 Å². The first-order valence-electron chi connectivity index (χ1n) is 11.1. The van der Waals surface area contributed by atoms with E-state index in [1.165, 1.54) is 5.56 Å². The normalized spacial score (nSPS) is 15.3. The molecule has 1 aromatic heterocycles. The third kappa shape index (κ3) is 6.56. The van der Waals surface area contributed by atoms with Crippen molar-refractivity contribution >= 4 is 5.91 Å². The van der Waals surface area contributed by atoms with Gasteiger partial charge >= 0.3 is 0 Å². The molecule has 0 atom stereocenters. The van der Waals surface area contributed by atoms with Crippen LogP contribution in [0.4, 0.5) is 0 Å². The van der Waals surface area contributed by atoms with Gasteiger partial charge in [-0.05, 0) is 56.0 Å². The molecule has 1 saturated heterocycles. The van der Waals surface area contributed by atoms with Gasteiger partial charge < -0.3 is 9.64 Å². The summed E-state index contributed by atoms with van der Waals surface area (Å²) in [7, 11) is 1.73. The molecule has 1 aliphatic rings. The number of pyridine rings is 1. The summed E-state index contributed by atoms with van der Waals surface area (Å²) in [5.74, 6) is 2.18. The van der Waals surface area contributed by atoms with Crippen molar-refractivity contribution in [3.63, 3.8) is 0 Å². The van der Waals surface area contributed by atoms with Crippen LogP contribution in [0.15, 0.2) is 48.7 Å². The lowest BCUT2D eigenvalue weighted by Gasteiger charge is -2.35. The molecule has 5 heteroatoms. The van der Waals surface area contributed by atoms with Gasteiger partial charge in [0.2, 0.25) is 5.91 Å². The Bertz CT molecular complexity index is 786. The summed E-state index contributed by atoms with van der Waals surface area (Å²) in [6, 6.07) is 14.0.